The summed E-state index contributed by atoms with van der Waals surface area (Å²) in [6.45, 7) is 2.47. The summed E-state index contributed by atoms with van der Waals surface area (Å²) in [6, 6.07) is 11.2. The molecule has 0 saturated heterocycles. The van der Waals surface area contributed by atoms with E-state index in [1.165, 1.54) is 28.2 Å². The number of hydrogen-bond acceptors (Lipinski definition) is 5. The first-order valence-corrected chi connectivity index (χ1v) is 9.76. The number of benzene rings is 2. The number of anilines is 1. The molecule has 2 aromatic carbocycles. The Labute approximate surface area is 163 Å². The van der Waals surface area contributed by atoms with Crippen LogP contribution in [0, 0.1) is 5.82 Å². The van der Waals surface area contributed by atoms with E-state index in [0.29, 0.717) is 32.7 Å². The lowest BCUT2D eigenvalue weighted by Gasteiger charge is -2.10. The first kappa shape index (κ1) is 18.2. The van der Waals surface area contributed by atoms with Gasteiger partial charge >= 0.3 is 0 Å². The van der Waals surface area contributed by atoms with Crippen molar-refractivity contribution in [1.82, 2.24) is 14.8 Å². The van der Waals surface area contributed by atoms with Crippen molar-refractivity contribution in [3.63, 3.8) is 0 Å². The van der Waals surface area contributed by atoms with E-state index in [9.17, 15) is 14.0 Å². The minimum atomic E-state index is -0.457. The summed E-state index contributed by atoms with van der Waals surface area (Å²) in [4.78, 5) is 29.9. The smallest absolute Gasteiger partial charge is 0.278 e. The Bertz CT molecular complexity index is 1250. The molecule has 6 nitrogen and oxygen atoms in total. The Kier molecular flexibility index (Phi) is 4.87. The van der Waals surface area contributed by atoms with E-state index >= 15 is 0 Å². The van der Waals surface area contributed by atoms with Crippen LogP contribution in [0.5, 0.6) is 0 Å². The quantitative estimate of drug-likeness (QED) is 0.549. The maximum absolute atomic E-state index is 13.4. The first-order chi connectivity index (χ1) is 13.6. The Hall–Kier alpha value is -3.13. The van der Waals surface area contributed by atoms with Crippen molar-refractivity contribution in [2.75, 3.05) is 5.32 Å². The van der Waals surface area contributed by atoms with Crippen LogP contribution >= 0.6 is 11.3 Å². The molecule has 1 N–H and O–H groups in total. The van der Waals surface area contributed by atoms with Crippen molar-refractivity contribution in [2.45, 2.75) is 26.3 Å². The number of thiazole rings is 1. The number of aromatic nitrogens is 3. The number of amides is 1. The standard InChI is InChI=1S/C20H17FN4O2S/c1-2-3-10-25-19(27)14-7-5-4-6-13(14)17(24-25)18(26)23-20-22-15-9-8-12(21)11-16(15)28-20/h4-9,11H,2-3,10H2,1H3,(H,22,23,26). The topological polar surface area (TPSA) is 76.9 Å². The molecule has 4 aromatic rings. The van der Waals surface area contributed by atoms with Gasteiger partial charge in [0.05, 0.1) is 15.6 Å². The number of halogens is 1. The molecule has 8 heteroatoms. The van der Waals surface area contributed by atoms with Gasteiger partial charge in [0.2, 0.25) is 0 Å². The lowest BCUT2D eigenvalue weighted by molar-refractivity contribution is 0.102. The predicted octanol–water partition coefficient (Wildman–Crippen LogP) is 4.20. The van der Waals surface area contributed by atoms with E-state index in [1.54, 1.807) is 30.3 Å². The van der Waals surface area contributed by atoms with Gasteiger partial charge in [0.25, 0.3) is 11.5 Å². The van der Waals surface area contributed by atoms with Gasteiger partial charge < -0.3 is 0 Å². The zero-order valence-corrected chi connectivity index (χ0v) is 15.9. The highest BCUT2D eigenvalue weighted by atomic mass is 32.1. The molecule has 1 amide bonds. The fraction of sp³-hybridized carbons (Fsp3) is 0.200. The number of aryl methyl sites for hydroxylation is 1. The van der Waals surface area contributed by atoms with Crippen LogP contribution in [-0.2, 0) is 6.54 Å². The molecular formula is C20H17FN4O2S. The van der Waals surface area contributed by atoms with Crippen molar-refractivity contribution in [2.24, 2.45) is 0 Å². The molecule has 0 saturated carbocycles. The number of nitrogens with zero attached hydrogens (tertiary/aromatic N) is 3. The zero-order valence-electron chi connectivity index (χ0n) is 15.1. The van der Waals surface area contributed by atoms with Gasteiger partial charge in [-0.1, -0.05) is 42.9 Å². The second-order valence-corrected chi connectivity index (χ2v) is 7.39. The van der Waals surface area contributed by atoms with Crippen LogP contribution in [0.25, 0.3) is 21.0 Å². The van der Waals surface area contributed by atoms with Gasteiger partial charge in [0, 0.05) is 11.9 Å². The third-order valence-corrected chi connectivity index (χ3v) is 5.31. The molecule has 142 valence electrons. The molecule has 0 bridgehead atoms. The SMILES string of the molecule is CCCCn1nc(C(=O)Nc2nc3ccc(F)cc3s2)c2ccccc2c1=O. The number of fused-ring (bicyclic) bond motifs is 2. The molecule has 2 aromatic heterocycles. The third kappa shape index (κ3) is 3.38. The van der Waals surface area contributed by atoms with Crippen LogP contribution in [0.4, 0.5) is 9.52 Å². The van der Waals surface area contributed by atoms with E-state index < -0.39 is 5.91 Å². The van der Waals surface area contributed by atoms with Crippen molar-refractivity contribution in [3.8, 4) is 0 Å². The summed E-state index contributed by atoms with van der Waals surface area (Å²) in [5.74, 6) is -0.814. The van der Waals surface area contributed by atoms with Crippen molar-refractivity contribution in [1.29, 1.82) is 0 Å². The molecule has 4 rings (SSSR count). The summed E-state index contributed by atoms with van der Waals surface area (Å²) < 4.78 is 15.4. The molecule has 28 heavy (non-hydrogen) atoms. The molecule has 0 unspecified atom stereocenters. The van der Waals surface area contributed by atoms with Crippen LogP contribution in [-0.4, -0.2) is 20.7 Å². The Balaban J connectivity index is 1.75. The predicted molar refractivity (Wildman–Crippen MR) is 108 cm³/mol. The Morgan fingerprint density at radius 1 is 1.21 bits per heavy atom. The second kappa shape index (κ2) is 7.47. The molecule has 2 heterocycles. The fourth-order valence-electron chi connectivity index (χ4n) is 2.97. The van der Waals surface area contributed by atoms with Gasteiger partial charge in [-0.2, -0.15) is 5.10 Å². The lowest BCUT2D eigenvalue weighted by Crippen LogP contribution is -2.27. The van der Waals surface area contributed by atoms with E-state index in [0.717, 1.165) is 12.8 Å². The first-order valence-electron chi connectivity index (χ1n) is 8.94. The van der Waals surface area contributed by atoms with E-state index in [4.69, 9.17) is 0 Å². The minimum Gasteiger partial charge on any atom is -0.296 e. The summed E-state index contributed by atoms with van der Waals surface area (Å²) in [5.41, 5.74) is 0.556. The molecule has 0 aliphatic carbocycles. The van der Waals surface area contributed by atoms with Crippen LogP contribution in [0.1, 0.15) is 30.3 Å². The summed E-state index contributed by atoms with van der Waals surface area (Å²) in [5, 5.41) is 8.33. The highest BCUT2D eigenvalue weighted by Gasteiger charge is 2.18. The molecule has 0 fully saturated rings. The van der Waals surface area contributed by atoms with E-state index in [-0.39, 0.29) is 17.1 Å². The molecule has 0 spiro atoms. The van der Waals surface area contributed by atoms with Crippen LogP contribution in [0.15, 0.2) is 47.3 Å². The number of carbonyl (C=O) groups excluding carboxylic acids is 1. The number of carbonyl (C=O) groups is 1. The third-order valence-electron chi connectivity index (χ3n) is 4.38. The Morgan fingerprint density at radius 3 is 2.79 bits per heavy atom. The number of rotatable bonds is 5. The monoisotopic (exact) mass is 396 g/mol. The minimum absolute atomic E-state index is 0.164. The number of nitrogens with one attached hydrogen (secondary N) is 1. The fourth-order valence-corrected chi connectivity index (χ4v) is 3.86. The van der Waals surface area contributed by atoms with Crippen LogP contribution in [0.3, 0.4) is 0 Å². The maximum atomic E-state index is 13.4. The number of hydrogen-bond donors (Lipinski definition) is 1. The zero-order chi connectivity index (χ0) is 19.7. The van der Waals surface area contributed by atoms with Gasteiger partial charge in [-0.15, -0.1) is 0 Å². The highest BCUT2D eigenvalue weighted by molar-refractivity contribution is 7.22. The molecule has 0 aliphatic rings. The van der Waals surface area contributed by atoms with Gasteiger partial charge in [0.1, 0.15) is 5.82 Å². The molecular weight excluding hydrogens is 379 g/mol. The van der Waals surface area contributed by atoms with Crippen LogP contribution < -0.4 is 10.9 Å². The summed E-state index contributed by atoms with van der Waals surface area (Å²) >= 11 is 1.18. The van der Waals surface area contributed by atoms with E-state index in [1.807, 2.05) is 6.92 Å². The second-order valence-electron chi connectivity index (χ2n) is 6.36. The van der Waals surface area contributed by atoms with Gasteiger partial charge in [-0.3, -0.25) is 14.9 Å². The lowest BCUT2D eigenvalue weighted by atomic mass is 10.1. The summed E-state index contributed by atoms with van der Waals surface area (Å²) in [7, 11) is 0. The number of unbranched alkanes of at least 4 members (excludes halogenated alkanes) is 1. The van der Waals surface area contributed by atoms with Gasteiger partial charge in [0.15, 0.2) is 10.8 Å². The van der Waals surface area contributed by atoms with Gasteiger partial charge in [-0.05, 0) is 30.7 Å². The van der Waals surface area contributed by atoms with E-state index in [2.05, 4.69) is 15.4 Å². The molecule has 0 atom stereocenters. The average molecular weight is 396 g/mol. The maximum Gasteiger partial charge on any atom is 0.278 e. The van der Waals surface area contributed by atoms with Crippen molar-refractivity contribution < 1.29 is 9.18 Å². The summed E-state index contributed by atoms with van der Waals surface area (Å²) in [6.07, 6.45) is 1.69. The van der Waals surface area contributed by atoms with Crippen molar-refractivity contribution in [3.05, 3.63) is 64.3 Å². The Morgan fingerprint density at radius 2 is 2.00 bits per heavy atom. The van der Waals surface area contributed by atoms with Crippen LogP contribution in [0.2, 0.25) is 0 Å². The molecule has 0 aliphatic heterocycles. The normalized spacial score (nSPS) is 11.2. The largest absolute Gasteiger partial charge is 0.296 e. The highest BCUT2D eigenvalue weighted by Crippen LogP contribution is 2.27. The average Bonchev–Trinajstić information content (AvgIpc) is 3.08. The van der Waals surface area contributed by atoms with Gasteiger partial charge in [-0.25, -0.2) is 14.1 Å². The van der Waals surface area contributed by atoms with Crippen molar-refractivity contribution >= 4 is 43.4 Å². The molecule has 0 radical (unpaired) electrons.